The summed E-state index contributed by atoms with van der Waals surface area (Å²) >= 11 is 5.80. The van der Waals surface area contributed by atoms with Gasteiger partial charge in [0.15, 0.2) is 0 Å². The van der Waals surface area contributed by atoms with Crippen LogP contribution in [-0.4, -0.2) is 24.3 Å². The summed E-state index contributed by atoms with van der Waals surface area (Å²) < 4.78 is 11.0. The molecule has 1 aliphatic heterocycles. The lowest BCUT2D eigenvalue weighted by Gasteiger charge is -2.19. The maximum atomic E-state index is 11.8. The van der Waals surface area contributed by atoms with Crippen molar-refractivity contribution in [1.82, 2.24) is 0 Å². The molecule has 19 heavy (non-hydrogen) atoms. The van der Waals surface area contributed by atoms with E-state index in [2.05, 4.69) is 0 Å². The van der Waals surface area contributed by atoms with Crippen LogP contribution in [0.25, 0.3) is 0 Å². The Morgan fingerprint density at radius 1 is 1.58 bits per heavy atom. The minimum Gasteiger partial charge on any atom is -0.459 e. The number of esters is 1. The molecule has 0 saturated carbocycles. The van der Waals surface area contributed by atoms with Gasteiger partial charge in [-0.2, -0.15) is 0 Å². The van der Waals surface area contributed by atoms with Crippen molar-refractivity contribution in [3.8, 4) is 0 Å². The van der Waals surface area contributed by atoms with Crippen LogP contribution in [0.2, 0.25) is 5.02 Å². The molecular weight excluding hydrogens is 266 g/mol. The molecule has 1 aliphatic rings. The van der Waals surface area contributed by atoms with Gasteiger partial charge in [0.25, 0.3) is 0 Å². The van der Waals surface area contributed by atoms with Gasteiger partial charge in [-0.15, -0.1) is 0 Å². The quantitative estimate of drug-likeness (QED) is 0.684. The summed E-state index contributed by atoms with van der Waals surface area (Å²) in [5, 5.41) is 0.428. The third-order valence-corrected chi connectivity index (χ3v) is 3.53. The van der Waals surface area contributed by atoms with Crippen molar-refractivity contribution in [2.45, 2.75) is 38.4 Å². The number of hydrogen-bond donors (Lipinski definition) is 1. The average Bonchev–Trinajstić information content (AvgIpc) is 2.69. The monoisotopic (exact) mass is 283 g/mol. The number of hydrogen-bond acceptors (Lipinski definition) is 4. The third kappa shape index (κ3) is 3.61. The summed E-state index contributed by atoms with van der Waals surface area (Å²) in [6.07, 6.45) is 1.86. The number of carbonyl (C=O) groups is 1. The second kappa shape index (κ2) is 5.39. The number of rotatable bonds is 3. The number of halogens is 1. The molecule has 1 fully saturated rings. The highest BCUT2D eigenvalue weighted by Gasteiger charge is 2.32. The second-order valence-electron chi connectivity index (χ2n) is 5.37. The molecule has 0 spiro atoms. The molecule has 0 aromatic heterocycles. The number of benzene rings is 1. The van der Waals surface area contributed by atoms with E-state index in [-0.39, 0.29) is 18.3 Å². The molecule has 0 radical (unpaired) electrons. The van der Waals surface area contributed by atoms with Gasteiger partial charge < -0.3 is 15.2 Å². The van der Waals surface area contributed by atoms with Crippen molar-refractivity contribution in [2.75, 3.05) is 12.3 Å². The topological polar surface area (TPSA) is 61.5 Å². The SMILES string of the molecule is CC1(C)CCC(COC(=O)c2ccc(Cl)c(N)c2)O1. The summed E-state index contributed by atoms with van der Waals surface area (Å²) in [5.41, 5.74) is 6.30. The van der Waals surface area contributed by atoms with Gasteiger partial charge in [-0.1, -0.05) is 11.6 Å². The molecular formula is C14H18ClNO3. The van der Waals surface area contributed by atoms with Crippen molar-refractivity contribution in [3.63, 3.8) is 0 Å². The van der Waals surface area contributed by atoms with Crippen molar-refractivity contribution in [3.05, 3.63) is 28.8 Å². The van der Waals surface area contributed by atoms with Crippen LogP contribution in [0.15, 0.2) is 18.2 Å². The Hall–Kier alpha value is -1.26. The van der Waals surface area contributed by atoms with Crippen LogP contribution in [0.1, 0.15) is 37.0 Å². The molecule has 1 unspecified atom stereocenters. The predicted octanol–water partition coefficient (Wildman–Crippen LogP) is 3.04. The fourth-order valence-corrected chi connectivity index (χ4v) is 2.24. The predicted molar refractivity (Wildman–Crippen MR) is 74.3 cm³/mol. The van der Waals surface area contributed by atoms with Crippen LogP contribution in [0.5, 0.6) is 0 Å². The van der Waals surface area contributed by atoms with E-state index in [9.17, 15) is 4.79 Å². The summed E-state index contributed by atoms with van der Waals surface area (Å²) in [5.74, 6) is -0.406. The number of anilines is 1. The highest BCUT2D eigenvalue weighted by Crippen LogP contribution is 2.29. The van der Waals surface area contributed by atoms with Crippen molar-refractivity contribution >= 4 is 23.3 Å². The molecule has 1 aromatic rings. The average molecular weight is 284 g/mol. The second-order valence-corrected chi connectivity index (χ2v) is 5.78. The van der Waals surface area contributed by atoms with E-state index >= 15 is 0 Å². The first-order valence-corrected chi connectivity index (χ1v) is 6.65. The Bertz CT molecular complexity index is 488. The number of nitrogens with two attached hydrogens (primary N) is 1. The van der Waals surface area contributed by atoms with Gasteiger partial charge in [0.1, 0.15) is 6.61 Å². The fraction of sp³-hybridized carbons (Fsp3) is 0.500. The first-order valence-electron chi connectivity index (χ1n) is 6.27. The Morgan fingerprint density at radius 3 is 2.89 bits per heavy atom. The van der Waals surface area contributed by atoms with E-state index in [1.807, 2.05) is 13.8 Å². The molecule has 1 atom stereocenters. The zero-order valence-electron chi connectivity index (χ0n) is 11.1. The van der Waals surface area contributed by atoms with E-state index in [1.54, 1.807) is 12.1 Å². The van der Waals surface area contributed by atoms with Crippen LogP contribution >= 0.6 is 11.6 Å². The maximum Gasteiger partial charge on any atom is 0.338 e. The van der Waals surface area contributed by atoms with E-state index in [0.29, 0.717) is 16.3 Å². The largest absolute Gasteiger partial charge is 0.459 e. The van der Waals surface area contributed by atoms with Crippen LogP contribution in [-0.2, 0) is 9.47 Å². The summed E-state index contributed by atoms with van der Waals surface area (Å²) in [6, 6.07) is 4.70. The molecule has 0 aliphatic carbocycles. The molecule has 4 nitrogen and oxygen atoms in total. The standard InChI is InChI=1S/C14H18ClNO3/c1-14(2)6-5-10(19-14)8-18-13(17)9-3-4-11(15)12(16)7-9/h3-4,7,10H,5-6,8,16H2,1-2H3. The first kappa shape index (κ1) is 14.2. The van der Waals surface area contributed by atoms with Gasteiger partial charge in [-0.25, -0.2) is 4.79 Å². The molecule has 2 N–H and O–H groups in total. The van der Waals surface area contributed by atoms with Gasteiger partial charge >= 0.3 is 5.97 Å². The van der Waals surface area contributed by atoms with Gasteiger partial charge in [0.05, 0.1) is 28.0 Å². The first-order chi connectivity index (χ1) is 8.87. The van der Waals surface area contributed by atoms with Crippen LogP contribution in [0.4, 0.5) is 5.69 Å². The van der Waals surface area contributed by atoms with Gasteiger partial charge in [0.2, 0.25) is 0 Å². The lowest BCUT2D eigenvalue weighted by molar-refractivity contribution is -0.0444. The van der Waals surface area contributed by atoms with Crippen LogP contribution < -0.4 is 5.73 Å². The van der Waals surface area contributed by atoms with Crippen LogP contribution in [0, 0.1) is 0 Å². The fourth-order valence-electron chi connectivity index (χ4n) is 2.12. The van der Waals surface area contributed by atoms with Gasteiger partial charge in [0, 0.05) is 0 Å². The van der Waals surface area contributed by atoms with Gasteiger partial charge in [-0.3, -0.25) is 0 Å². The minimum absolute atomic E-state index is 0.0244. The lowest BCUT2D eigenvalue weighted by Crippen LogP contribution is -2.24. The van der Waals surface area contributed by atoms with Crippen molar-refractivity contribution < 1.29 is 14.3 Å². The Kier molecular flexibility index (Phi) is 4.02. The van der Waals surface area contributed by atoms with E-state index in [0.717, 1.165) is 12.8 Å². The molecule has 0 bridgehead atoms. The van der Waals surface area contributed by atoms with E-state index in [4.69, 9.17) is 26.8 Å². The van der Waals surface area contributed by atoms with E-state index < -0.39 is 5.97 Å². The van der Waals surface area contributed by atoms with Gasteiger partial charge in [-0.05, 0) is 44.9 Å². The molecule has 5 heteroatoms. The highest BCUT2D eigenvalue weighted by molar-refractivity contribution is 6.33. The van der Waals surface area contributed by atoms with Crippen LogP contribution in [0.3, 0.4) is 0 Å². The lowest BCUT2D eigenvalue weighted by atomic mass is 10.1. The molecule has 0 amide bonds. The summed E-state index contributed by atoms with van der Waals surface area (Å²) in [4.78, 5) is 11.8. The number of ether oxygens (including phenoxy) is 2. The Morgan fingerprint density at radius 2 is 2.32 bits per heavy atom. The zero-order chi connectivity index (χ0) is 14.0. The Labute approximate surface area is 117 Å². The highest BCUT2D eigenvalue weighted by atomic mass is 35.5. The molecule has 1 heterocycles. The third-order valence-electron chi connectivity index (χ3n) is 3.19. The summed E-state index contributed by atoms with van der Waals surface area (Å²) in [7, 11) is 0. The zero-order valence-corrected chi connectivity index (χ0v) is 11.9. The number of nitrogen functional groups attached to an aromatic ring is 1. The smallest absolute Gasteiger partial charge is 0.338 e. The normalized spacial score (nSPS) is 21.3. The molecule has 104 valence electrons. The number of carbonyl (C=O) groups excluding carboxylic acids is 1. The van der Waals surface area contributed by atoms with E-state index in [1.165, 1.54) is 6.07 Å². The minimum atomic E-state index is -0.406. The van der Waals surface area contributed by atoms with Crippen molar-refractivity contribution in [2.24, 2.45) is 0 Å². The van der Waals surface area contributed by atoms with Crippen molar-refractivity contribution in [1.29, 1.82) is 0 Å². The Balaban J connectivity index is 1.89. The summed E-state index contributed by atoms with van der Waals surface area (Å²) in [6.45, 7) is 4.34. The molecule has 1 saturated heterocycles. The molecule has 1 aromatic carbocycles. The maximum absolute atomic E-state index is 11.8. The molecule has 2 rings (SSSR count).